The number of imidazole rings is 1. The molecular formula is C19H16Cl2N2O2. The molecule has 0 aliphatic carbocycles. The van der Waals surface area contributed by atoms with Crippen LogP contribution in [0.15, 0.2) is 48.7 Å². The number of aryl methyl sites for hydroxylation is 1. The Hall–Kier alpha value is -2.30. The monoisotopic (exact) mass is 374 g/mol. The van der Waals surface area contributed by atoms with Crippen molar-refractivity contribution in [2.75, 3.05) is 6.61 Å². The van der Waals surface area contributed by atoms with Crippen molar-refractivity contribution in [3.8, 4) is 17.1 Å². The number of benzene rings is 2. The average Bonchev–Trinajstić information content (AvgIpc) is 2.96. The molecule has 0 saturated carbocycles. The molecule has 1 heterocycles. The van der Waals surface area contributed by atoms with Crippen LogP contribution in [0.3, 0.4) is 0 Å². The molecule has 0 aliphatic heterocycles. The first-order chi connectivity index (χ1) is 12.0. The highest BCUT2D eigenvalue weighted by Gasteiger charge is 2.14. The largest absolute Gasteiger partial charge is 0.462 e. The molecule has 128 valence electrons. The van der Waals surface area contributed by atoms with E-state index in [-0.39, 0.29) is 5.97 Å². The van der Waals surface area contributed by atoms with E-state index >= 15 is 0 Å². The summed E-state index contributed by atoms with van der Waals surface area (Å²) in [6.07, 6.45) is 1.78. The van der Waals surface area contributed by atoms with E-state index in [1.165, 1.54) is 0 Å². The zero-order valence-electron chi connectivity index (χ0n) is 13.8. The minimum Gasteiger partial charge on any atom is -0.462 e. The molecule has 3 aromatic rings. The van der Waals surface area contributed by atoms with Gasteiger partial charge in [-0.25, -0.2) is 9.78 Å². The molecule has 1 aromatic heterocycles. The van der Waals surface area contributed by atoms with Gasteiger partial charge in [0.05, 0.1) is 12.2 Å². The first-order valence-electron chi connectivity index (χ1n) is 7.78. The molecule has 25 heavy (non-hydrogen) atoms. The van der Waals surface area contributed by atoms with Gasteiger partial charge in [0.2, 0.25) is 0 Å². The smallest absolute Gasteiger partial charge is 0.338 e. The molecular weight excluding hydrogens is 359 g/mol. The van der Waals surface area contributed by atoms with Gasteiger partial charge in [-0.15, -0.1) is 0 Å². The van der Waals surface area contributed by atoms with Gasteiger partial charge in [-0.05, 0) is 56.3 Å². The van der Waals surface area contributed by atoms with Crippen LogP contribution < -0.4 is 0 Å². The summed E-state index contributed by atoms with van der Waals surface area (Å²) >= 11 is 12.2. The molecule has 0 radical (unpaired) electrons. The fourth-order valence-corrected chi connectivity index (χ4v) is 3.14. The van der Waals surface area contributed by atoms with Gasteiger partial charge in [0.1, 0.15) is 5.82 Å². The molecule has 3 rings (SSSR count). The van der Waals surface area contributed by atoms with E-state index in [0.29, 0.717) is 22.2 Å². The Balaban J connectivity index is 2.03. The lowest BCUT2D eigenvalue weighted by Gasteiger charge is -2.12. The summed E-state index contributed by atoms with van der Waals surface area (Å²) in [4.78, 5) is 16.3. The molecule has 0 N–H and O–H groups in total. The lowest BCUT2D eigenvalue weighted by Crippen LogP contribution is -2.05. The summed E-state index contributed by atoms with van der Waals surface area (Å²) in [5.41, 5.74) is 3.17. The minimum atomic E-state index is -0.335. The second-order valence-electron chi connectivity index (χ2n) is 5.48. The number of carbonyl (C=O) groups excluding carboxylic acids is 1. The highest BCUT2D eigenvalue weighted by molar-refractivity contribution is 6.35. The van der Waals surface area contributed by atoms with E-state index in [9.17, 15) is 4.79 Å². The normalized spacial score (nSPS) is 10.7. The van der Waals surface area contributed by atoms with E-state index in [4.69, 9.17) is 27.9 Å². The average molecular weight is 375 g/mol. The van der Waals surface area contributed by atoms with Gasteiger partial charge in [0, 0.05) is 33.2 Å². The van der Waals surface area contributed by atoms with Gasteiger partial charge in [0.25, 0.3) is 0 Å². The predicted molar refractivity (Wildman–Crippen MR) is 99.7 cm³/mol. The summed E-state index contributed by atoms with van der Waals surface area (Å²) in [6.45, 7) is 4.09. The molecule has 0 unspecified atom stereocenters. The molecule has 0 bridgehead atoms. The maximum Gasteiger partial charge on any atom is 0.338 e. The molecule has 0 aliphatic rings. The van der Waals surface area contributed by atoms with Crippen molar-refractivity contribution >= 4 is 29.2 Å². The van der Waals surface area contributed by atoms with Gasteiger partial charge >= 0.3 is 5.97 Å². The van der Waals surface area contributed by atoms with Crippen molar-refractivity contribution in [1.29, 1.82) is 0 Å². The van der Waals surface area contributed by atoms with Crippen LogP contribution in [0.25, 0.3) is 17.1 Å². The van der Waals surface area contributed by atoms with Crippen molar-refractivity contribution in [3.05, 3.63) is 70.0 Å². The number of nitrogens with zero attached hydrogens (tertiary/aromatic N) is 2. The molecule has 0 amide bonds. The van der Waals surface area contributed by atoms with Crippen molar-refractivity contribution in [1.82, 2.24) is 9.55 Å². The molecule has 4 nitrogen and oxygen atoms in total. The van der Waals surface area contributed by atoms with Crippen LogP contribution in [0.2, 0.25) is 10.0 Å². The van der Waals surface area contributed by atoms with E-state index in [0.717, 1.165) is 22.8 Å². The standard InChI is InChI=1S/C19H16Cl2N2O2/c1-3-25-19(24)13-4-6-17(7-5-13)23-12(2)11-22-18(23)14-8-15(20)10-16(21)9-14/h4-11H,3H2,1-2H3. The Morgan fingerprint density at radius 3 is 2.36 bits per heavy atom. The summed E-state index contributed by atoms with van der Waals surface area (Å²) in [7, 11) is 0. The van der Waals surface area contributed by atoms with Crippen molar-refractivity contribution in [2.24, 2.45) is 0 Å². The zero-order valence-corrected chi connectivity index (χ0v) is 15.3. The molecule has 0 atom stereocenters. The fourth-order valence-electron chi connectivity index (χ4n) is 2.61. The van der Waals surface area contributed by atoms with Crippen molar-refractivity contribution in [3.63, 3.8) is 0 Å². The third-order valence-electron chi connectivity index (χ3n) is 3.70. The Bertz CT molecular complexity index is 897. The number of rotatable bonds is 4. The topological polar surface area (TPSA) is 44.1 Å². The predicted octanol–water partition coefficient (Wildman–Crippen LogP) is 5.33. The number of hydrogen-bond donors (Lipinski definition) is 0. The molecule has 6 heteroatoms. The maximum absolute atomic E-state index is 11.8. The summed E-state index contributed by atoms with van der Waals surface area (Å²) in [6, 6.07) is 12.5. The summed E-state index contributed by atoms with van der Waals surface area (Å²) in [5, 5.41) is 1.10. The van der Waals surface area contributed by atoms with Gasteiger partial charge < -0.3 is 4.74 Å². The maximum atomic E-state index is 11.8. The number of halogens is 2. The lowest BCUT2D eigenvalue weighted by molar-refractivity contribution is 0.0526. The van der Waals surface area contributed by atoms with Crippen molar-refractivity contribution < 1.29 is 9.53 Å². The number of esters is 1. The lowest BCUT2D eigenvalue weighted by atomic mass is 10.1. The first-order valence-corrected chi connectivity index (χ1v) is 8.53. The molecule has 0 fully saturated rings. The summed E-state index contributed by atoms with van der Waals surface area (Å²) in [5.74, 6) is 0.393. The van der Waals surface area contributed by atoms with E-state index in [2.05, 4.69) is 4.98 Å². The highest BCUT2D eigenvalue weighted by atomic mass is 35.5. The second kappa shape index (κ2) is 7.30. The van der Waals surface area contributed by atoms with E-state index < -0.39 is 0 Å². The van der Waals surface area contributed by atoms with E-state index in [1.54, 1.807) is 31.3 Å². The Kier molecular flexibility index (Phi) is 5.11. The number of aromatic nitrogens is 2. The molecule has 0 saturated heterocycles. The van der Waals surface area contributed by atoms with Crippen LogP contribution in [0.4, 0.5) is 0 Å². The molecule has 0 spiro atoms. The van der Waals surface area contributed by atoms with Gasteiger partial charge in [-0.1, -0.05) is 23.2 Å². The number of hydrogen-bond acceptors (Lipinski definition) is 3. The summed E-state index contributed by atoms with van der Waals surface area (Å²) < 4.78 is 7.00. The van der Waals surface area contributed by atoms with Crippen LogP contribution in [0.5, 0.6) is 0 Å². The fraction of sp³-hybridized carbons (Fsp3) is 0.158. The van der Waals surface area contributed by atoms with E-state index in [1.807, 2.05) is 35.8 Å². The second-order valence-corrected chi connectivity index (χ2v) is 6.36. The Morgan fingerprint density at radius 2 is 1.76 bits per heavy atom. The third kappa shape index (κ3) is 3.70. The first kappa shape index (κ1) is 17.5. The zero-order chi connectivity index (χ0) is 18.0. The number of ether oxygens (including phenoxy) is 1. The van der Waals surface area contributed by atoms with Gasteiger partial charge in [0.15, 0.2) is 0 Å². The van der Waals surface area contributed by atoms with Crippen LogP contribution in [0.1, 0.15) is 23.0 Å². The van der Waals surface area contributed by atoms with Crippen LogP contribution in [-0.4, -0.2) is 22.1 Å². The highest BCUT2D eigenvalue weighted by Crippen LogP contribution is 2.29. The third-order valence-corrected chi connectivity index (χ3v) is 4.13. The van der Waals surface area contributed by atoms with Crippen molar-refractivity contribution in [2.45, 2.75) is 13.8 Å². The van der Waals surface area contributed by atoms with Gasteiger partial charge in [-0.2, -0.15) is 0 Å². The molecule has 2 aromatic carbocycles. The van der Waals surface area contributed by atoms with Crippen LogP contribution in [0, 0.1) is 6.92 Å². The Morgan fingerprint density at radius 1 is 1.12 bits per heavy atom. The SMILES string of the molecule is CCOC(=O)c1ccc(-n2c(C)cnc2-c2cc(Cl)cc(Cl)c2)cc1. The number of carbonyl (C=O) groups is 1. The van der Waals surface area contributed by atoms with Crippen LogP contribution >= 0.6 is 23.2 Å². The Labute approximate surface area is 156 Å². The quantitative estimate of drug-likeness (QED) is 0.579. The van der Waals surface area contributed by atoms with Crippen LogP contribution in [-0.2, 0) is 4.74 Å². The van der Waals surface area contributed by atoms with Gasteiger partial charge in [-0.3, -0.25) is 4.57 Å². The minimum absolute atomic E-state index is 0.335.